The summed E-state index contributed by atoms with van der Waals surface area (Å²) in [6.45, 7) is 2.32. The van der Waals surface area contributed by atoms with Crippen molar-refractivity contribution in [3.05, 3.63) is 59.7 Å². The Morgan fingerprint density at radius 1 is 1.14 bits per heavy atom. The average molecular weight is 384 g/mol. The molecule has 28 heavy (non-hydrogen) atoms. The van der Waals surface area contributed by atoms with Crippen molar-refractivity contribution in [3.63, 3.8) is 0 Å². The predicted octanol–water partition coefficient (Wildman–Crippen LogP) is 3.10. The van der Waals surface area contributed by atoms with Crippen molar-refractivity contribution in [2.75, 3.05) is 25.6 Å². The fourth-order valence-corrected chi connectivity index (χ4v) is 3.26. The Labute approximate surface area is 166 Å². The number of nitrogens with one attached hydrogen (secondary N) is 1. The Morgan fingerprint density at radius 2 is 1.86 bits per heavy atom. The van der Waals surface area contributed by atoms with E-state index in [4.69, 9.17) is 19.9 Å². The fourth-order valence-electron chi connectivity index (χ4n) is 3.26. The van der Waals surface area contributed by atoms with E-state index in [-0.39, 0.29) is 11.8 Å². The lowest BCUT2D eigenvalue weighted by Crippen LogP contribution is -2.44. The van der Waals surface area contributed by atoms with E-state index in [9.17, 15) is 4.79 Å². The van der Waals surface area contributed by atoms with Gasteiger partial charge in [0.25, 0.3) is 0 Å². The molecule has 1 atom stereocenters. The molecule has 0 aliphatic carbocycles. The minimum atomic E-state index is -0.515. The summed E-state index contributed by atoms with van der Waals surface area (Å²) >= 11 is 0. The van der Waals surface area contributed by atoms with Crippen LogP contribution in [0.1, 0.15) is 24.0 Å². The molecule has 1 amide bonds. The molecular formula is C22H28N2O4. The van der Waals surface area contributed by atoms with Gasteiger partial charge in [0, 0.05) is 18.9 Å². The summed E-state index contributed by atoms with van der Waals surface area (Å²) in [5.41, 5.74) is 8.94. The van der Waals surface area contributed by atoms with Gasteiger partial charge in [-0.15, -0.1) is 0 Å². The van der Waals surface area contributed by atoms with Crippen molar-refractivity contribution < 1.29 is 19.0 Å². The van der Waals surface area contributed by atoms with Gasteiger partial charge in [0.05, 0.1) is 26.4 Å². The summed E-state index contributed by atoms with van der Waals surface area (Å²) in [6.07, 6.45) is 1.65. The third kappa shape index (κ3) is 5.79. The van der Waals surface area contributed by atoms with E-state index in [0.717, 1.165) is 35.4 Å². The second kappa shape index (κ2) is 10.2. The van der Waals surface area contributed by atoms with Gasteiger partial charge in [-0.05, 0) is 54.2 Å². The Balaban J connectivity index is 1.49. The minimum absolute atomic E-state index is 0.150. The van der Waals surface area contributed by atoms with Gasteiger partial charge in [-0.25, -0.2) is 0 Å². The van der Waals surface area contributed by atoms with Crippen molar-refractivity contribution >= 4 is 11.6 Å². The molecule has 1 aliphatic heterocycles. The molecule has 0 bridgehead atoms. The number of ether oxygens (including phenoxy) is 3. The van der Waals surface area contributed by atoms with Crippen LogP contribution in [0.3, 0.4) is 0 Å². The lowest BCUT2D eigenvalue weighted by atomic mass is 9.92. The monoisotopic (exact) mass is 384 g/mol. The van der Waals surface area contributed by atoms with Crippen LogP contribution < -0.4 is 15.8 Å². The lowest BCUT2D eigenvalue weighted by molar-refractivity contribution is -0.119. The number of methoxy groups -OCH3 is 1. The van der Waals surface area contributed by atoms with Crippen LogP contribution in [-0.2, 0) is 27.5 Å². The van der Waals surface area contributed by atoms with E-state index < -0.39 is 6.04 Å². The number of rotatable bonds is 8. The van der Waals surface area contributed by atoms with Gasteiger partial charge in [0.2, 0.25) is 5.91 Å². The molecule has 0 radical (unpaired) electrons. The molecule has 2 aromatic rings. The molecule has 150 valence electrons. The maximum absolute atomic E-state index is 12.5. The first-order valence-electron chi connectivity index (χ1n) is 9.59. The molecule has 1 heterocycles. The van der Waals surface area contributed by atoms with E-state index in [1.54, 1.807) is 7.11 Å². The molecule has 1 fully saturated rings. The molecule has 0 saturated carbocycles. The number of carbonyl (C=O) groups is 1. The molecule has 6 nitrogen and oxygen atoms in total. The summed E-state index contributed by atoms with van der Waals surface area (Å²) in [6, 6.07) is 14.9. The topological polar surface area (TPSA) is 82.8 Å². The van der Waals surface area contributed by atoms with E-state index in [1.807, 2.05) is 48.5 Å². The third-order valence-electron chi connectivity index (χ3n) is 4.97. The molecule has 3 rings (SSSR count). The van der Waals surface area contributed by atoms with Crippen LogP contribution in [0.15, 0.2) is 48.5 Å². The smallest absolute Gasteiger partial charge is 0.241 e. The van der Waals surface area contributed by atoms with Crippen molar-refractivity contribution in [1.82, 2.24) is 0 Å². The number of nitrogens with two attached hydrogens (primary N) is 1. The predicted molar refractivity (Wildman–Crippen MR) is 108 cm³/mol. The lowest BCUT2D eigenvalue weighted by Gasteiger charge is -2.26. The maximum atomic E-state index is 12.5. The summed E-state index contributed by atoms with van der Waals surface area (Å²) in [5, 5.41) is 2.93. The second-order valence-electron chi connectivity index (χ2n) is 7.01. The maximum Gasteiger partial charge on any atom is 0.241 e. The number of carbonyl (C=O) groups excluding carboxylic acids is 1. The molecular weight excluding hydrogens is 356 g/mol. The van der Waals surface area contributed by atoms with E-state index in [0.29, 0.717) is 26.4 Å². The van der Waals surface area contributed by atoms with Crippen molar-refractivity contribution in [2.24, 2.45) is 11.7 Å². The Kier molecular flexibility index (Phi) is 7.42. The SMILES string of the molecule is COc1ccc(COCc2cccc(NC(=O)C(N)C3CCOCC3)c2)cc1. The van der Waals surface area contributed by atoms with Crippen molar-refractivity contribution in [3.8, 4) is 5.75 Å². The number of hydrogen-bond donors (Lipinski definition) is 2. The highest BCUT2D eigenvalue weighted by atomic mass is 16.5. The Bertz CT molecular complexity index is 757. The average Bonchev–Trinajstić information content (AvgIpc) is 2.74. The standard InChI is InChI=1S/C22H28N2O4/c1-26-20-7-5-16(6-8-20)14-28-15-17-3-2-4-19(13-17)24-22(25)21(23)18-9-11-27-12-10-18/h2-8,13,18,21H,9-12,14-15,23H2,1H3,(H,24,25). The van der Waals surface area contributed by atoms with Crippen molar-refractivity contribution in [2.45, 2.75) is 32.1 Å². The summed E-state index contributed by atoms with van der Waals surface area (Å²) in [4.78, 5) is 12.5. The first kappa shape index (κ1) is 20.3. The highest BCUT2D eigenvalue weighted by Gasteiger charge is 2.26. The molecule has 3 N–H and O–H groups in total. The zero-order valence-electron chi connectivity index (χ0n) is 16.2. The highest BCUT2D eigenvalue weighted by Crippen LogP contribution is 2.20. The van der Waals surface area contributed by atoms with E-state index in [1.165, 1.54) is 0 Å². The van der Waals surface area contributed by atoms with Gasteiger partial charge in [0.15, 0.2) is 0 Å². The molecule has 6 heteroatoms. The summed E-state index contributed by atoms with van der Waals surface area (Å²) in [5.74, 6) is 0.846. The number of benzene rings is 2. The van der Waals surface area contributed by atoms with Crippen LogP contribution in [0.25, 0.3) is 0 Å². The van der Waals surface area contributed by atoms with Crippen LogP contribution in [0.2, 0.25) is 0 Å². The van der Waals surface area contributed by atoms with Gasteiger partial charge < -0.3 is 25.3 Å². The van der Waals surface area contributed by atoms with Gasteiger partial charge in [-0.2, -0.15) is 0 Å². The Morgan fingerprint density at radius 3 is 2.57 bits per heavy atom. The molecule has 0 spiro atoms. The van der Waals surface area contributed by atoms with E-state index >= 15 is 0 Å². The zero-order chi connectivity index (χ0) is 19.8. The number of hydrogen-bond acceptors (Lipinski definition) is 5. The molecule has 1 unspecified atom stereocenters. The normalized spacial score (nSPS) is 15.8. The van der Waals surface area contributed by atoms with Crippen LogP contribution >= 0.6 is 0 Å². The third-order valence-corrected chi connectivity index (χ3v) is 4.97. The molecule has 1 saturated heterocycles. The summed E-state index contributed by atoms with van der Waals surface area (Å²) in [7, 11) is 1.65. The quantitative estimate of drug-likeness (QED) is 0.731. The molecule has 0 aromatic heterocycles. The highest BCUT2D eigenvalue weighted by molar-refractivity contribution is 5.94. The minimum Gasteiger partial charge on any atom is -0.497 e. The van der Waals surface area contributed by atoms with Gasteiger partial charge in [0.1, 0.15) is 5.75 Å². The van der Waals surface area contributed by atoms with Crippen LogP contribution in [-0.4, -0.2) is 32.3 Å². The second-order valence-corrected chi connectivity index (χ2v) is 7.01. The van der Waals surface area contributed by atoms with Crippen molar-refractivity contribution in [1.29, 1.82) is 0 Å². The Hall–Kier alpha value is -2.41. The number of anilines is 1. The molecule has 2 aromatic carbocycles. The first-order valence-corrected chi connectivity index (χ1v) is 9.59. The fraction of sp³-hybridized carbons (Fsp3) is 0.409. The zero-order valence-corrected chi connectivity index (χ0v) is 16.2. The van der Waals surface area contributed by atoms with Gasteiger partial charge in [-0.1, -0.05) is 24.3 Å². The largest absolute Gasteiger partial charge is 0.497 e. The number of amides is 1. The molecule has 1 aliphatic rings. The van der Waals surface area contributed by atoms with Crippen LogP contribution in [0.4, 0.5) is 5.69 Å². The summed E-state index contributed by atoms with van der Waals surface area (Å²) < 4.78 is 16.3. The van der Waals surface area contributed by atoms with Crippen LogP contribution in [0.5, 0.6) is 5.75 Å². The van der Waals surface area contributed by atoms with Crippen LogP contribution in [0, 0.1) is 5.92 Å². The van der Waals surface area contributed by atoms with Gasteiger partial charge in [-0.3, -0.25) is 4.79 Å². The van der Waals surface area contributed by atoms with Gasteiger partial charge >= 0.3 is 0 Å². The van der Waals surface area contributed by atoms with E-state index in [2.05, 4.69) is 5.32 Å². The first-order chi connectivity index (χ1) is 13.7.